The number of thiazole rings is 1. The molecule has 2 aromatic heterocycles. The van der Waals surface area contributed by atoms with E-state index in [1.807, 2.05) is 35.9 Å². The Balaban J connectivity index is 1.85. The van der Waals surface area contributed by atoms with Crippen LogP contribution < -0.4 is 0 Å². The zero-order valence-electron chi connectivity index (χ0n) is 11.6. The van der Waals surface area contributed by atoms with E-state index in [9.17, 15) is 0 Å². The molecule has 0 bridgehead atoms. The minimum atomic E-state index is 0.691. The number of aromatic nitrogens is 3. The largest absolute Gasteiger partial charge is 0.262 e. The number of benzene rings is 1. The van der Waals surface area contributed by atoms with Crippen LogP contribution in [0, 0.1) is 13.8 Å². The Morgan fingerprint density at radius 2 is 1.95 bits per heavy atom. The monoisotopic (exact) mass is 381 g/mol. The van der Waals surface area contributed by atoms with Crippen molar-refractivity contribution in [3.63, 3.8) is 0 Å². The highest BCUT2D eigenvalue weighted by Crippen LogP contribution is 2.25. The van der Waals surface area contributed by atoms with Crippen molar-refractivity contribution in [1.82, 2.24) is 14.8 Å². The Labute approximate surface area is 140 Å². The van der Waals surface area contributed by atoms with Crippen LogP contribution in [0.3, 0.4) is 0 Å². The Morgan fingerprint density at radius 3 is 2.57 bits per heavy atom. The molecule has 0 atom stereocenters. The first kappa shape index (κ1) is 14.8. The molecule has 2 heterocycles. The van der Waals surface area contributed by atoms with E-state index in [2.05, 4.69) is 38.3 Å². The highest BCUT2D eigenvalue weighted by molar-refractivity contribution is 9.10. The summed E-state index contributed by atoms with van der Waals surface area (Å²) in [4.78, 5) is 4.68. The Bertz CT molecular complexity index is 777. The Hall–Kier alpha value is -1.17. The van der Waals surface area contributed by atoms with E-state index >= 15 is 0 Å². The van der Waals surface area contributed by atoms with Gasteiger partial charge < -0.3 is 0 Å². The predicted molar refractivity (Wildman–Crippen MR) is 91.1 cm³/mol. The molecular formula is C15H13BrClN3S. The number of hydrogen-bond acceptors (Lipinski definition) is 3. The maximum Gasteiger partial charge on any atom is 0.115 e. The van der Waals surface area contributed by atoms with Crippen LogP contribution in [0.1, 0.15) is 16.4 Å². The maximum atomic E-state index is 5.91. The lowest BCUT2D eigenvalue weighted by Crippen LogP contribution is -2.03. The van der Waals surface area contributed by atoms with Crippen molar-refractivity contribution in [3.05, 3.63) is 55.5 Å². The Kier molecular flexibility index (Phi) is 4.15. The average Bonchev–Trinajstić information content (AvgIpc) is 3.02. The van der Waals surface area contributed by atoms with Crippen molar-refractivity contribution in [3.8, 4) is 11.3 Å². The lowest BCUT2D eigenvalue weighted by Gasteiger charge is -2.01. The summed E-state index contributed by atoms with van der Waals surface area (Å²) in [6.07, 6.45) is 0. The predicted octanol–water partition coefficient (Wildman–Crippen LogP) is 5.09. The van der Waals surface area contributed by atoms with Crippen molar-refractivity contribution < 1.29 is 0 Å². The van der Waals surface area contributed by atoms with Gasteiger partial charge in [0.25, 0.3) is 0 Å². The summed E-state index contributed by atoms with van der Waals surface area (Å²) >= 11 is 11.1. The molecular weight excluding hydrogens is 370 g/mol. The molecule has 1 aromatic carbocycles. The second-order valence-corrected chi connectivity index (χ2v) is 6.95. The van der Waals surface area contributed by atoms with Crippen molar-refractivity contribution in [2.45, 2.75) is 20.4 Å². The topological polar surface area (TPSA) is 30.7 Å². The fraction of sp³-hybridized carbons (Fsp3) is 0.200. The van der Waals surface area contributed by atoms with E-state index in [4.69, 9.17) is 11.6 Å². The van der Waals surface area contributed by atoms with E-state index in [0.717, 1.165) is 37.1 Å². The lowest BCUT2D eigenvalue weighted by molar-refractivity contribution is 0.656. The van der Waals surface area contributed by atoms with Crippen LogP contribution in [-0.2, 0) is 6.54 Å². The second-order valence-electron chi connectivity index (χ2n) is 4.78. The average molecular weight is 383 g/mol. The van der Waals surface area contributed by atoms with Gasteiger partial charge in [-0.3, -0.25) is 4.68 Å². The van der Waals surface area contributed by atoms with Gasteiger partial charge in [-0.2, -0.15) is 5.10 Å². The van der Waals surface area contributed by atoms with Crippen LogP contribution in [0.2, 0.25) is 5.02 Å². The first-order valence-corrected chi connectivity index (χ1v) is 8.49. The van der Waals surface area contributed by atoms with E-state index < -0.39 is 0 Å². The van der Waals surface area contributed by atoms with Crippen LogP contribution in [0.25, 0.3) is 11.3 Å². The van der Waals surface area contributed by atoms with Crippen molar-refractivity contribution in [2.75, 3.05) is 0 Å². The lowest BCUT2D eigenvalue weighted by atomic mass is 10.2. The summed E-state index contributed by atoms with van der Waals surface area (Å²) in [6, 6.07) is 7.74. The molecule has 0 unspecified atom stereocenters. The molecule has 108 valence electrons. The maximum absolute atomic E-state index is 5.91. The zero-order chi connectivity index (χ0) is 15.0. The molecule has 6 heteroatoms. The second kappa shape index (κ2) is 5.91. The van der Waals surface area contributed by atoms with Crippen molar-refractivity contribution in [1.29, 1.82) is 0 Å². The molecule has 0 saturated carbocycles. The zero-order valence-corrected chi connectivity index (χ0v) is 14.8. The van der Waals surface area contributed by atoms with Crippen LogP contribution in [0.5, 0.6) is 0 Å². The number of halogens is 2. The smallest absolute Gasteiger partial charge is 0.115 e. The molecule has 0 N–H and O–H groups in total. The van der Waals surface area contributed by atoms with E-state index in [1.54, 1.807) is 11.3 Å². The van der Waals surface area contributed by atoms with Crippen molar-refractivity contribution >= 4 is 38.9 Å². The van der Waals surface area contributed by atoms with Gasteiger partial charge in [-0.25, -0.2) is 4.98 Å². The van der Waals surface area contributed by atoms with Gasteiger partial charge in [0.2, 0.25) is 0 Å². The van der Waals surface area contributed by atoms with E-state index in [0.29, 0.717) is 6.54 Å². The fourth-order valence-corrected chi connectivity index (χ4v) is 3.29. The van der Waals surface area contributed by atoms with Gasteiger partial charge in [-0.05, 0) is 41.9 Å². The molecule has 0 spiro atoms. The highest BCUT2D eigenvalue weighted by Gasteiger charge is 2.11. The van der Waals surface area contributed by atoms with Crippen LogP contribution >= 0.6 is 38.9 Å². The van der Waals surface area contributed by atoms with Crippen molar-refractivity contribution in [2.24, 2.45) is 0 Å². The first-order chi connectivity index (χ1) is 10.0. The molecule has 0 aliphatic carbocycles. The van der Waals surface area contributed by atoms with Gasteiger partial charge in [0, 0.05) is 16.0 Å². The summed E-state index contributed by atoms with van der Waals surface area (Å²) in [6.45, 7) is 4.74. The first-order valence-electron chi connectivity index (χ1n) is 6.44. The van der Waals surface area contributed by atoms with Gasteiger partial charge in [0.1, 0.15) is 5.01 Å². The standard InChI is InChI=1S/C15H13BrClN3S/c1-9-15(16)10(2)20(19-9)7-14-18-13(8-21-14)11-3-5-12(17)6-4-11/h3-6,8H,7H2,1-2H3. The third kappa shape index (κ3) is 3.05. The molecule has 0 amide bonds. The molecule has 0 aliphatic heterocycles. The fourth-order valence-electron chi connectivity index (χ4n) is 2.09. The van der Waals surface area contributed by atoms with E-state index in [-0.39, 0.29) is 0 Å². The van der Waals surface area contributed by atoms with Crippen LogP contribution in [-0.4, -0.2) is 14.8 Å². The third-order valence-corrected chi connectivity index (χ3v) is 5.50. The van der Waals surface area contributed by atoms with Crippen LogP contribution in [0.15, 0.2) is 34.1 Å². The summed E-state index contributed by atoms with van der Waals surface area (Å²) in [7, 11) is 0. The third-order valence-electron chi connectivity index (χ3n) is 3.27. The minimum absolute atomic E-state index is 0.691. The summed E-state index contributed by atoms with van der Waals surface area (Å²) in [5.41, 5.74) is 4.18. The number of rotatable bonds is 3. The van der Waals surface area contributed by atoms with Gasteiger partial charge in [-0.1, -0.05) is 23.7 Å². The highest BCUT2D eigenvalue weighted by atomic mass is 79.9. The summed E-state index contributed by atoms with van der Waals surface area (Å²) < 4.78 is 3.04. The van der Waals surface area contributed by atoms with E-state index in [1.165, 1.54) is 0 Å². The van der Waals surface area contributed by atoms with Gasteiger partial charge in [-0.15, -0.1) is 11.3 Å². The quantitative estimate of drug-likeness (QED) is 0.632. The minimum Gasteiger partial charge on any atom is -0.262 e. The number of hydrogen-bond donors (Lipinski definition) is 0. The molecule has 0 radical (unpaired) electrons. The van der Waals surface area contributed by atoms with Gasteiger partial charge in [0.15, 0.2) is 0 Å². The summed E-state index contributed by atoms with van der Waals surface area (Å²) in [5, 5.41) is 8.36. The molecule has 3 aromatic rings. The molecule has 3 nitrogen and oxygen atoms in total. The number of aryl methyl sites for hydroxylation is 1. The van der Waals surface area contributed by atoms with Crippen LogP contribution in [0.4, 0.5) is 0 Å². The molecule has 0 saturated heterocycles. The SMILES string of the molecule is Cc1nn(Cc2nc(-c3ccc(Cl)cc3)cs2)c(C)c1Br. The molecule has 0 fully saturated rings. The van der Waals surface area contributed by atoms with Gasteiger partial charge in [0.05, 0.1) is 28.1 Å². The molecule has 21 heavy (non-hydrogen) atoms. The molecule has 0 aliphatic rings. The number of nitrogens with zero attached hydrogens (tertiary/aromatic N) is 3. The van der Waals surface area contributed by atoms with Gasteiger partial charge >= 0.3 is 0 Å². The summed E-state index contributed by atoms with van der Waals surface area (Å²) in [5.74, 6) is 0. The Morgan fingerprint density at radius 1 is 1.24 bits per heavy atom. The normalized spacial score (nSPS) is 11.0. The molecule has 3 rings (SSSR count).